The molecule has 0 unspecified atom stereocenters. The summed E-state index contributed by atoms with van der Waals surface area (Å²) in [6.07, 6.45) is 3.02. The van der Waals surface area contributed by atoms with Crippen molar-refractivity contribution in [2.75, 3.05) is 12.8 Å². The van der Waals surface area contributed by atoms with E-state index in [1.54, 1.807) is 4.52 Å². The zero-order valence-corrected chi connectivity index (χ0v) is 5.93. The van der Waals surface area contributed by atoms with Crippen molar-refractivity contribution in [3.05, 3.63) is 12.5 Å². The summed E-state index contributed by atoms with van der Waals surface area (Å²) in [5.41, 5.74) is 5.56. The maximum atomic E-state index is 5.56. The second kappa shape index (κ2) is 1.88. The number of nitrogens with two attached hydrogens (primary N) is 1. The maximum Gasteiger partial charge on any atom is 0.255 e. The number of hydrogen-bond acceptors (Lipinski definition) is 4. The zero-order valence-electron chi connectivity index (χ0n) is 5.93. The summed E-state index contributed by atoms with van der Waals surface area (Å²) < 4.78 is 1.56. The number of rotatable bonds is 1. The molecule has 0 saturated carbocycles. The van der Waals surface area contributed by atoms with Gasteiger partial charge in [-0.3, -0.25) is 0 Å². The maximum absolute atomic E-state index is 5.56. The van der Waals surface area contributed by atoms with E-state index in [2.05, 4.69) is 9.97 Å². The lowest BCUT2D eigenvalue weighted by molar-refractivity contribution is 0.124. The minimum Gasteiger partial charge on any atom is -0.400 e. The highest BCUT2D eigenvalue weighted by Gasteiger charge is 2.04. The summed E-state index contributed by atoms with van der Waals surface area (Å²) in [7, 11) is 1.53. The van der Waals surface area contributed by atoms with Crippen molar-refractivity contribution in [1.29, 1.82) is 0 Å². The van der Waals surface area contributed by atoms with Crippen molar-refractivity contribution in [2.24, 2.45) is 0 Å². The van der Waals surface area contributed by atoms with Gasteiger partial charge in [-0.2, -0.15) is 9.50 Å². The Kier molecular flexibility index (Phi) is 1.03. The molecule has 0 atom stereocenters. The van der Waals surface area contributed by atoms with E-state index in [0.717, 1.165) is 0 Å². The van der Waals surface area contributed by atoms with Crippen LogP contribution < -0.4 is 10.6 Å². The molecule has 2 aromatic rings. The Hall–Kier alpha value is -1.72. The normalized spacial score (nSPS) is 10.6. The molecule has 0 saturated heterocycles. The Morgan fingerprint density at radius 1 is 1.55 bits per heavy atom. The highest BCUT2D eigenvalue weighted by Crippen LogP contribution is 2.03. The molecular weight excluding hydrogens is 146 g/mol. The van der Waals surface area contributed by atoms with Crippen LogP contribution in [0.3, 0.4) is 0 Å². The lowest BCUT2D eigenvalue weighted by Gasteiger charge is -1.99. The van der Waals surface area contributed by atoms with Crippen LogP contribution in [0.15, 0.2) is 12.5 Å². The van der Waals surface area contributed by atoms with E-state index in [1.807, 2.05) is 0 Å². The lowest BCUT2D eigenvalue weighted by Crippen LogP contribution is -2.12. The molecule has 0 aliphatic rings. The Labute approximate surface area is 62.1 Å². The van der Waals surface area contributed by atoms with Gasteiger partial charge in [0.05, 0.1) is 6.20 Å². The summed E-state index contributed by atoms with van der Waals surface area (Å²) >= 11 is 0. The number of fused-ring (bicyclic) bond motifs is 1. The molecule has 0 aromatic carbocycles. The third-order valence-corrected chi connectivity index (χ3v) is 1.40. The van der Waals surface area contributed by atoms with Crippen molar-refractivity contribution in [3.63, 3.8) is 0 Å². The van der Waals surface area contributed by atoms with Crippen LogP contribution in [0.2, 0.25) is 0 Å². The third-order valence-electron chi connectivity index (χ3n) is 1.40. The molecule has 6 nitrogen and oxygen atoms in total. The Morgan fingerprint density at radius 3 is 3.09 bits per heavy atom. The van der Waals surface area contributed by atoms with Crippen LogP contribution >= 0.6 is 0 Å². The largest absolute Gasteiger partial charge is 0.400 e. The summed E-state index contributed by atoms with van der Waals surface area (Å²) in [5, 5.41) is 0. The van der Waals surface area contributed by atoms with Gasteiger partial charge in [-0.15, -0.1) is 4.85 Å². The topological polar surface area (TPSA) is 70.4 Å². The molecule has 0 aliphatic heterocycles. The molecule has 0 amide bonds. The zero-order chi connectivity index (χ0) is 7.84. The first-order chi connectivity index (χ1) is 5.33. The number of imidazole rings is 1. The van der Waals surface area contributed by atoms with Gasteiger partial charge in [-0.05, 0) is 0 Å². The van der Waals surface area contributed by atoms with E-state index in [1.165, 1.54) is 24.5 Å². The van der Waals surface area contributed by atoms with Crippen molar-refractivity contribution >= 4 is 11.6 Å². The van der Waals surface area contributed by atoms with Gasteiger partial charge in [-0.25, -0.2) is 4.98 Å². The van der Waals surface area contributed by atoms with E-state index in [-0.39, 0.29) is 0 Å². The third kappa shape index (κ3) is 0.658. The van der Waals surface area contributed by atoms with Crippen molar-refractivity contribution in [3.8, 4) is 0 Å². The second-order valence-corrected chi connectivity index (χ2v) is 2.02. The Morgan fingerprint density at radius 2 is 2.36 bits per heavy atom. The van der Waals surface area contributed by atoms with Gasteiger partial charge in [0, 0.05) is 0 Å². The minimum absolute atomic E-state index is 0.499. The Bertz CT molecular complexity index is 375. The van der Waals surface area contributed by atoms with Gasteiger partial charge in [0.15, 0.2) is 6.33 Å². The van der Waals surface area contributed by atoms with E-state index in [9.17, 15) is 0 Å². The molecule has 2 rings (SSSR count). The predicted octanol–water partition coefficient (Wildman–Crippen LogP) is -0.829. The molecule has 0 spiro atoms. The van der Waals surface area contributed by atoms with Crippen LogP contribution in [0.1, 0.15) is 0 Å². The predicted molar refractivity (Wildman–Crippen MR) is 37.9 cm³/mol. The smallest absolute Gasteiger partial charge is 0.255 e. The van der Waals surface area contributed by atoms with Crippen LogP contribution in [0, 0.1) is 0 Å². The SMILES string of the molecule is COn1cnc2ncc(N)n21. The minimum atomic E-state index is 0.499. The first-order valence-corrected chi connectivity index (χ1v) is 3.04. The van der Waals surface area contributed by atoms with Crippen molar-refractivity contribution in [2.45, 2.75) is 0 Å². The molecule has 58 valence electrons. The van der Waals surface area contributed by atoms with Gasteiger partial charge >= 0.3 is 0 Å². The highest BCUT2D eigenvalue weighted by atomic mass is 16.7. The Balaban J connectivity index is 2.80. The van der Waals surface area contributed by atoms with Crippen LogP contribution in [0.5, 0.6) is 0 Å². The molecule has 0 aliphatic carbocycles. The summed E-state index contributed by atoms with van der Waals surface area (Å²) in [6.45, 7) is 0. The number of aromatic nitrogens is 4. The fourth-order valence-corrected chi connectivity index (χ4v) is 0.920. The number of hydrogen-bond donors (Lipinski definition) is 1. The second-order valence-electron chi connectivity index (χ2n) is 2.02. The van der Waals surface area contributed by atoms with E-state index in [4.69, 9.17) is 10.6 Å². The molecule has 2 aromatic heterocycles. The quantitative estimate of drug-likeness (QED) is 0.580. The fraction of sp³-hybridized carbons (Fsp3) is 0.200. The number of nitrogens with zero attached hydrogens (tertiary/aromatic N) is 4. The molecule has 2 heterocycles. The number of anilines is 1. The molecule has 11 heavy (non-hydrogen) atoms. The molecule has 0 bridgehead atoms. The highest BCUT2D eigenvalue weighted by molar-refractivity contribution is 5.39. The molecular formula is C5H7N5O. The van der Waals surface area contributed by atoms with Gasteiger partial charge in [0.1, 0.15) is 12.9 Å². The van der Waals surface area contributed by atoms with Gasteiger partial charge in [0.25, 0.3) is 5.78 Å². The molecule has 0 radical (unpaired) electrons. The molecule has 0 fully saturated rings. The standard InChI is InChI=1S/C5H7N5O/c1-11-9-3-8-5-7-2-4(6)10(5)9/h2-3H,6H2,1H3. The lowest BCUT2D eigenvalue weighted by atomic mass is 10.8. The van der Waals surface area contributed by atoms with Crippen molar-refractivity contribution < 1.29 is 4.84 Å². The van der Waals surface area contributed by atoms with E-state index in [0.29, 0.717) is 11.6 Å². The van der Waals surface area contributed by atoms with E-state index < -0.39 is 0 Å². The fourth-order valence-electron chi connectivity index (χ4n) is 0.920. The van der Waals surface area contributed by atoms with Crippen molar-refractivity contribution in [1.82, 2.24) is 19.3 Å². The van der Waals surface area contributed by atoms with Crippen LogP contribution in [-0.2, 0) is 0 Å². The molecule has 2 N–H and O–H groups in total. The molecule has 6 heteroatoms. The van der Waals surface area contributed by atoms with Crippen LogP contribution in [-0.4, -0.2) is 26.4 Å². The van der Waals surface area contributed by atoms with Gasteiger partial charge in [-0.1, -0.05) is 0 Å². The summed E-state index contributed by atoms with van der Waals surface area (Å²) in [5.74, 6) is 1.03. The van der Waals surface area contributed by atoms with Gasteiger partial charge in [0.2, 0.25) is 0 Å². The summed E-state index contributed by atoms with van der Waals surface area (Å²) in [4.78, 5) is 14.1. The first-order valence-electron chi connectivity index (χ1n) is 3.04. The van der Waals surface area contributed by atoms with Crippen LogP contribution in [0.25, 0.3) is 5.78 Å². The van der Waals surface area contributed by atoms with Crippen LogP contribution in [0.4, 0.5) is 5.82 Å². The average Bonchev–Trinajstić information content (AvgIpc) is 2.54. The monoisotopic (exact) mass is 153 g/mol. The number of nitrogen functional groups attached to an aromatic ring is 1. The average molecular weight is 153 g/mol. The summed E-state index contributed by atoms with van der Waals surface area (Å²) in [6, 6.07) is 0. The first kappa shape index (κ1) is 6.02. The van der Waals surface area contributed by atoms with E-state index >= 15 is 0 Å². The van der Waals surface area contributed by atoms with Gasteiger partial charge < -0.3 is 10.6 Å².